The SMILES string of the molecule is CC(O)COCC1O[C@@H]2O[C@@H]3C(COCC(C)O)O[C@H](O[C@@H]4C(COCC(C)O)O[C@H](O[C@@H]5C(CO)O[C@H](O[C@@H]6C(COCC(C)O)O[C@H](O[C@@H]7C(COCC(C)O)O[C@H](O[C@@H]8C(CO)O[C@H](O[C@@H]9C(CO)O[C@H](O[C@H]1[C@H](O)C2O)C(O)[C@H]9O)C(O)[C@H]8O)C(O)[C@@H]7O)C(O)[C@H]6O)C(O)[C@H]5O)C(O)[C@@H]4O)C(O)[C@H]3O. The van der Waals surface area contributed by atoms with Gasteiger partial charge in [-0.1, -0.05) is 0 Å². The van der Waals surface area contributed by atoms with E-state index < -0.39 is 362 Å². The number of rotatable bonds is 23. The van der Waals surface area contributed by atoms with Crippen LogP contribution in [0, 0.1) is 0 Å². The highest BCUT2D eigenvalue weighted by Crippen LogP contribution is 2.40. The second kappa shape index (κ2) is 40.9. The predicted molar refractivity (Wildman–Crippen MR) is 338 cm³/mol. The normalized spacial score (nSPS) is 48.9. The van der Waals surface area contributed by atoms with E-state index in [1.165, 1.54) is 34.6 Å². The fourth-order valence-corrected chi connectivity index (χ4v) is 13.6. The van der Waals surface area contributed by atoms with E-state index in [4.69, 9.17) is 99.5 Å². The fourth-order valence-electron chi connectivity index (χ4n) is 13.6. The molecule has 0 amide bonds. The Bertz CT molecular complexity index is 2580. The molecule has 0 aliphatic carbocycles. The van der Waals surface area contributed by atoms with Crippen LogP contribution in [0.1, 0.15) is 34.6 Å². The van der Waals surface area contributed by atoms with E-state index in [1.807, 2.05) is 0 Å². The molecule has 30 saturated heterocycles. The Morgan fingerprint density at radius 2 is 0.315 bits per heavy atom. The first-order chi connectivity index (χ1) is 51.2. The van der Waals surface area contributed by atoms with Crippen LogP contribution in [-0.4, -0.2) is 485 Å². The van der Waals surface area contributed by atoms with Crippen LogP contribution < -0.4 is 0 Å². The maximum Gasteiger partial charge on any atom is 0.187 e. The summed E-state index contributed by atoms with van der Waals surface area (Å²) in [5.74, 6) is 0. The summed E-state index contributed by atoms with van der Waals surface area (Å²) >= 11 is 0. The first-order valence-electron chi connectivity index (χ1n) is 35.7. The zero-order chi connectivity index (χ0) is 79.0. The highest BCUT2D eigenvalue weighted by Gasteiger charge is 2.61. The van der Waals surface area contributed by atoms with Crippen molar-refractivity contribution >= 4 is 0 Å². The molecule has 45 atom stereocenters. The van der Waals surface area contributed by atoms with Gasteiger partial charge in [-0.3, -0.25) is 0 Å². The number of hydrogen-bond donors (Lipinski definition) is 24. The average Bonchev–Trinajstić information content (AvgIpc) is 0.786. The molecular weight excluding hydrogens is 1480 g/mol. The Hall–Kier alpha value is -1.80. The van der Waals surface area contributed by atoms with Crippen molar-refractivity contribution in [2.24, 2.45) is 0 Å². The Morgan fingerprint density at radius 1 is 0.194 bits per heavy atom. The number of aliphatic hydroxyl groups excluding tert-OH is 24. The highest BCUT2D eigenvalue weighted by atomic mass is 16.8. The minimum Gasteiger partial charge on any atom is -0.394 e. The van der Waals surface area contributed by atoms with E-state index in [-0.39, 0.29) is 0 Å². The molecule has 30 heterocycles. The molecule has 632 valence electrons. The molecule has 16 bridgehead atoms. The summed E-state index contributed by atoms with van der Waals surface area (Å²) in [7, 11) is 0. The smallest absolute Gasteiger partial charge is 0.187 e. The van der Waals surface area contributed by atoms with Gasteiger partial charge in [-0.05, 0) is 34.6 Å². The highest BCUT2D eigenvalue weighted by molar-refractivity contribution is 5.03. The molecule has 108 heavy (non-hydrogen) atoms. The van der Waals surface area contributed by atoms with Gasteiger partial charge in [0, 0.05) is 0 Å². The molecule has 30 aliphatic rings. The zero-order valence-corrected chi connectivity index (χ0v) is 59.5. The monoisotopic (exact) mass is 1590 g/mol. The molecule has 0 aromatic rings. The average molecular weight is 1590 g/mol. The molecule has 45 heteroatoms. The van der Waals surface area contributed by atoms with Crippen molar-refractivity contribution in [2.75, 3.05) is 85.9 Å². The molecule has 30 fully saturated rings. The van der Waals surface area contributed by atoms with Crippen molar-refractivity contribution in [3.8, 4) is 0 Å². The molecule has 30 aliphatic heterocycles. The maximum absolute atomic E-state index is 12.0. The molecule has 0 spiro atoms. The molecule has 21 unspecified atom stereocenters. The lowest BCUT2D eigenvalue weighted by Crippen LogP contribution is -2.69. The van der Waals surface area contributed by atoms with Crippen molar-refractivity contribution in [2.45, 2.75) is 311 Å². The summed E-state index contributed by atoms with van der Waals surface area (Å²) in [4.78, 5) is 0. The largest absolute Gasteiger partial charge is 0.394 e. The van der Waals surface area contributed by atoms with E-state index in [9.17, 15) is 123 Å². The van der Waals surface area contributed by atoms with Crippen LogP contribution in [0.3, 0.4) is 0 Å². The Kier molecular flexibility index (Phi) is 34.1. The molecular formula is C63H110O45. The van der Waals surface area contributed by atoms with Gasteiger partial charge in [-0.15, -0.1) is 0 Å². The summed E-state index contributed by atoms with van der Waals surface area (Å²) in [5, 5.41) is 272. The molecule has 30 rings (SSSR count). The van der Waals surface area contributed by atoms with E-state index in [0.717, 1.165) is 0 Å². The fraction of sp³-hybridized carbons (Fsp3) is 1.00. The van der Waals surface area contributed by atoms with Gasteiger partial charge in [0.15, 0.2) is 50.3 Å². The lowest BCUT2D eigenvalue weighted by Gasteiger charge is -2.51. The molecule has 0 saturated carbocycles. The number of ether oxygens (including phenoxy) is 21. The van der Waals surface area contributed by atoms with E-state index in [0.29, 0.717) is 0 Å². The second-order valence-electron chi connectivity index (χ2n) is 28.5. The van der Waals surface area contributed by atoms with Gasteiger partial charge in [0.1, 0.15) is 195 Å². The number of hydrogen-bond acceptors (Lipinski definition) is 45. The molecule has 0 aromatic heterocycles. The van der Waals surface area contributed by atoms with Crippen molar-refractivity contribution in [1.29, 1.82) is 0 Å². The number of aliphatic hydroxyl groups is 24. The minimum absolute atomic E-state index is 0.398. The van der Waals surface area contributed by atoms with Crippen LogP contribution >= 0.6 is 0 Å². The van der Waals surface area contributed by atoms with Crippen molar-refractivity contribution < 1.29 is 222 Å². The van der Waals surface area contributed by atoms with E-state index in [1.54, 1.807) is 0 Å². The minimum atomic E-state index is -2.28. The molecule has 0 aromatic carbocycles. The van der Waals surface area contributed by atoms with Crippen LogP contribution in [-0.2, 0) is 99.5 Å². The quantitative estimate of drug-likeness (QED) is 0.0452. The topological polar surface area (TPSA) is 679 Å². The van der Waals surface area contributed by atoms with E-state index in [2.05, 4.69) is 0 Å². The Balaban J connectivity index is 1.05. The van der Waals surface area contributed by atoms with Crippen LogP contribution in [0.25, 0.3) is 0 Å². The first kappa shape index (κ1) is 90.1. The third-order valence-electron chi connectivity index (χ3n) is 19.2. The standard InChI is InChI=1S/C63H110O45/c1-19(67)9-88-14-27-51-38(78)46(86)62(99-27)108-55-31(18-92-13-23(5)71)100-63(47(87)39(55)79)107-54-30(17-91-12-22(4)70)97-60(44(84)36(54)76)103-50-26(8-66)95-58(42(82)34(50)74)105-52-28(15-89-10-20(2)68)98-61(45(85)37(52)77)106-53-29(16-90-11-21(3)69)96-59(43(83)35(53)75)102-49-25(7-65)93-56(40(80)32(49)72)101-48-24(6-64)94-57(104-51)41(81)33(48)73/h19-87H,6-18H2,1-5H3/t19?,20?,21?,22?,23?,24?,25?,26?,27?,28?,29?,30?,31?,32-,33-,34-,35+,36+,37-,38-,39-,40?,41?,42?,43?,44?,45?,46?,47?,48-,49-,50-,51-,52-,53-,54-,55-,56-,57-,58-,59-,60-,61-,62-,63-/m1/s1. The van der Waals surface area contributed by atoms with Crippen LogP contribution in [0.5, 0.6) is 0 Å². The second-order valence-corrected chi connectivity index (χ2v) is 28.5. The third kappa shape index (κ3) is 21.7. The van der Waals surface area contributed by atoms with Gasteiger partial charge >= 0.3 is 0 Å². The van der Waals surface area contributed by atoms with Gasteiger partial charge in [0.05, 0.1) is 116 Å². The molecule has 45 nitrogen and oxygen atoms in total. The zero-order valence-electron chi connectivity index (χ0n) is 59.5. The molecule has 0 radical (unpaired) electrons. The third-order valence-corrected chi connectivity index (χ3v) is 19.2. The summed E-state index contributed by atoms with van der Waals surface area (Å²) in [6.45, 7) is -1.83. The van der Waals surface area contributed by atoms with Crippen molar-refractivity contribution in [3.05, 3.63) is 0 Å². The summed E-state index contributed by atoms with van der Waals surface area (Å²) in [6.07, 6.45) is -87.6. The summed E-state index contributed by atoms with van der Waals surface area (Å²) < 4.78 is 124. The summed E-state index contributed by atoms with van der Waals surface area (Å²) in [6, 6.07) is 0. The van der Waals surface area contributed by atoms with Gasteiger partial charge in [0.2, 0.25) is 0 Å². The van der Waals surface area contributed by atoms with Crippen LogP contribution in [0.2, 0.25) is 0 Å². The summed E-state index contributed by atoms with van der Waals surface area (Å²) in [5.41, 5.74) is 0. The van der Waals surface area contributed by atoms with Gasteiger partial charge < -0.3 is 222 Å². The van der Waals surface area contributed by atoms with Gasteiger partial charge in [0.25, 0.3) is 0 Å². The van der Waals surface area contributed by atoms with Crippen molar-refractivity contribution in [1.82, 2.24) is 0 Å². The predicted octanol–water partition coefficient (Wildman–Crippen LogP) is -15.4. The maximum atomic E-state index is 12.0. The Morgan fingerprint density at radius 3 is 0.435 bits per heavy atom. The first-order valence-corrected chi connectivity index (χ1v) is 35.7. The molecule has 24 N–H and O–H groups in total. The van der Waals surface area contributed by atoms with Gasteiger partial charge in [-0.25, -0.2) is 0 Å². The lowest BCUT2D eigenvalue weighted by atomic mass is 9.94. The van der Waals surface area contributed by atoms with Crippen molar-refractivity contribution in [3.63, 3.8) is 0 Å². The Labute approximate surface area is 617 Å². The van der Waals surface area contributed by atoms with Gasteiger partial charge in [-0.2, -0.15) is 0 Å². The van der Waals surface area contributed by atoms with Crippen LogP contribution in [0.15, 0.2) is 0 Å². The lowest BCUT2D eigenvalue weighted by molar-refractivity contribution is -0.404. The van der Waals surface area contributed by atoms with Crippen LogP contribution in [0.4, 0.5) is 0 Å². The van der Waals surface area contributed by atoms with E-state index >= 15 is 0 Å².